The van der Waals surface area contributed by atoms with Crippen molar-refractivity contribution in [1.29, 1.82) is 0 Å². The Morgan fingerprint density at radius 2 is 1.95 bits per heavy atom. The first-order valence-corrected chi connectivity index (χ1v) is 7.48. The van der Waals surface area contributed by atoms with Crippen LogP contribution in [0, 0.1) is 19.7 Å². The van der Waals surface area contributed by atoms with Crippen molar-refractivity contribution in [1.82, 2.24) is 9.97 Å². The van der Waals surface area contributed by atoms with Gasteiger partial charge in [-0.3, -0.25) is 0 Å². The second kappa shape index (κ2) is 5.43. The second-order valence-corrected chi connectivity index (χ2v) is 5.74. The van der Waals surface area contributed by atoms with Crippen molar-refractivity contribution in [3.8, 4) is 11.3 Å². The number of nitrogens with one attached hydrogen (secondary N) is 1. The highest BCUT2D eigenvalue weighted by Crippen LogP contribution is 2.39. The van der Waals surface area contributed by atoms with E-state index >= 15 is 0 Å². The van der Waals surface area contributed by atoms with Gasteiger partial charge in [0.2, 0.25) is 0 Å². The van der Waals surface area contributed by atoms with Gasteiger partial charge in [0, 0.05) is 24.1 Å². The third-order valence-electron chi connectivity index (χ3n) is 3.73. The number of aryl methyl sites for hydroxylation is 2. The summed E-state index contributed by atoms with van der Waals surface area (Å²) in [6.07, 6.45) is 2.26. The summed E-state index contributed by atoms with van der Waals surface area (Å²) in [5, 5.41) is 3.22. The number of nitrogens with zero attached hydrogens (tertiary/aromatic N) is 2. The number of benzene rings is 1. The zero-order valence-electron chi connectivity index (χ0n) is 12.7. The quantitative estimate of drug-likeness (QED) is 0.914. The Morgan fingerprint density at radius 1 is 1.19 bits per heavy atom. The lowest BCUT2D eigenvalue weighted by Crippen LogP contribution is -2.05. The predicted molar refractivity (Wildman–Crippen MR) is 83.0 cm³/mol. The summed E-state index contributed by atoms with van der Waals surface area (Å²) < 4.78 is 14.4. The van der Waals surface area contributed by atoms with E-state index in [9.17, 15) is 4.39 Å². The van der Waals surface area contributed by atoms with Crippen molar-refractivity contribution in [2.45, 2.75) is 39.5 Å². The van der Waals surface area contributed by atoms with Gasteiger partial charge in [0.05, 0.1) is 5.69 Å². The summed E-state index contributed by atoms with van der Waals surface area (Å²) in [6.45, 7) is 6.64. The van der Waals surface area contributed by atoms with Gasteiger partial charge in [-0.15, -0.1) is 0 Å². The fourth-order valence-electron chi connectivity index (χ4n) is 2.63. The van der Waals surface area contributed by atoms with Crippen LogP contribution in [-0.4, -0.2) is 16.5 Å². The maximum absolute atomic E-state index is 14.4. The Hall–Kier alpha value is -1.97. The van der Waals surface area contributed by atoms with Gasteiger partial charge >= 0.3 is 0 Å². The molecule has 110 valence electrons. The van der Waals surface area contributed by atoms with Crippen molar-refractivity contribution in [2.24, 2.45) is 0 Å². The van der Waals surface area contributed by atoms with Crippen LogP contribution < -0.4 is 5.32 Å². The van der Waals surface area contributed by atoms with Crippen LogP contribution in [0.5, 0.6) is 0 Å². The molecule has 0 atom stereocenters. The largest absolute Gasteiger partial charge is 0.370 e. The summed E-state index contributed by atoms with van der Waals surface area (Å²) in [5.74, 6) is 1.85. The van der Waals surface area contributed by atoms with E-state index in [-0.39, 0.29) is 5.82 Å². The highest BCUT2D eigenvalue weighted by atomic mass is 19.1. The molecule has 1 aliphatic carbocycles. The first-order valence-electron chi connectivity index (χ1n) is 7.48. The summed E-state index contributed by atoms with van der Waals surface area (Å²) in [4.78, 5) is 9.15. The van der Waals surface area contributed by atoms with Crippen molar-refractivity contribution in [2.75, 3.05) is 11.9 Å². The van der Waals surface area contributed by atoms with Crippen LogP contribution in [0.2, 0.25) is 0 Å². The molecule has 0 unspecified atom stereocenters. The molecule has 1 aliphatic rings. The van der Waals surface area contributed by atoms with E-state index in [0.717, 1.165) is 42.2 Å². The fourth-order valence-corrected chi connectivity index (χ4v) is 2.63. The summed E-state index contributed by atoms with van der Waals surface area (Å²) in [6, 6.07) is 5.40. The summed E-state index contributed by atoms with van der Waals surface area (Å²) in [7, 11) is 0. The monoisotopic (exact) mass is 285 g/mol. The molecule has 4 heteroatoms. The third-order valence-corrected chi connectivity index (χ3v) is 3.73. The Kier molecular flexibility index (Phi) is 3.62. The average molecular weight is 285 g/mol. The van der Waals surface area contributed by atoms with Crippen molar-refractivity contribution < 1.29 is 4.39 Å². The van der Waals surface area contributed by atoms with E-state index in [2.05, 4.69) is 15.3 Å². The molecule has 1 aromatic heterocycles. The fraction of sp³-hybridized carbons (Fsp3) is 0.412. The molecule has 0 saturated heterocycles. The third kappa shape index (κ3) is 2.89. The molecule has 0 spiro atoms. The number of hydrogen-bond acceptors (Lipinski definition) is 3. The number of hydrogen-bond donors (Lipinski definition) is 1. The molecule has 1 saturated carbocycles. The van der Waals surface area contributed by atoms with Crippen LogP contribution >= 0.6 is 0 Å². The van der Waals surface area contributed by atoms with E-state index in [4.69, 9.17) is 0 Å². The predicted octanol–water partition coefficient (Wildman–Crippen LogP) is 4.21. The number of halogens is 1. The van der Waals surface area contributed by atoms with Crippen molar-refractivity contribution in [3.63, 3.8) is 0 Å². The van der Waals surface area contributed by atoms with Gasteiger partial charge in [-0.1, -0.05) is 6.07 Å². The molecule has 0 amide bonds. The lowest BCUT2D eigenvalue weighted by atomic mass is 10.0. The van der Waals surface area contributed by atoms with Crippen LogP contribution in [0.25, 0.3) is 11.3 Å². The zero-order chi connectivity index (χ0) is 15.0. The molecule has 2 aromatic rings. The maximum Gasteiger partial charge on any atom is 0.134 e. The van der Waals surface area contributed by atoms with E-state index < -0.39 is 0 Å². The maximum atomic E-state index is 14.4. The SMILES string of the molecule is CCNc1cc(-c2c(C)cc(C)cc2F)nc(C2CC2)n1. The molecule has 3 nitrogen and oxygen atoms in total. The Balaban J connectivity index is 2.13. The van der Waals surface area contributed by atoms with Gasteiger partial charge in [-0.25, -0.2) is 14.4 Å². The summed E-state index contributed by atoms with van der Waals surface area (Å²) in [5.41, 5.74) is 3.11. The molecule has 21 heavy (non-hydrogen) atoms. The summed E-state index contributed by atoms with van der Waals surface area (Å²) >= 11 is 0. The minimum atomic E-state index is -0.213. The molecular formula is C17H20FN3. The number of anilines is 1. The Morgan fingerprint density at radius 3 is 2.57 bits per heavy atom. The first-order chi connectivity index (χ1) is 10.1. The lowest BCUT2D eigenvalue weighted by molar-refractivity contribution is 0.628. The van der Waals surface area contributed by atoms with Crippen LogP contribution in [-0.2, 0) is 0 Å². The van der Waals surface area contributed by atoms with Gasteiger partial charge in [-0.2, -0.15) is 0 Å². The molecule has 0 aliphatic heterocycles. The zero-order valence-corrected chi connectivity index (χ0v) is 12.7. The lowest BCUT2D eigenvalue weighted by Gasteiger charge is -2.12. The van der Waals surface area contributed by atoms with Gasteiger partial charge in [0.15, 0.2) is 0 Å². The average Bonchev–Trinajstić information content (AvgIpc) is 3.21. The Labute approximate surface area is 124 Å². The molecule has 3 rings (SSSR count). The molecule has 0 radical (unpaired) electrons. The van der Waals surface area contributed by atoms with Crippen LogP contribution in [0.1, 0.15) is 42.6 Å². The van der Waals surface area contributed by atoms with E-state index in [1.165, 1.54) is 0 Å². The van der Waals surface area contributed by atoms with Crippen LogP contribution in [0.3, 0.4) is 0 Å². The molecular weight excluding hydrogens is 265 g/mol. The minimum Gasteiger partial charge on any atom is -0.370 e. The van der Waals surface area contributed by atoms with Crippen LogP contribution in [0.4, 0.5) is 10.2 Å². The van der Waals surface area contributed by atoms with Gasteiger partial charge in [0.25, 0.3) is 0 Å². The standard InChI is InChI=1S/C17H20FN3/c1-4-19-15-9-14(20-17(21-15)12-5-6-12)16-11(3)7-10(2)8-13(16)18/h7-9,12H,4-6H2,1-3H3,(H,19,20,21). The highest BCUT2D eigenvalue weighted by molar-refractivity contribution is 5.67. The molecule has 0 bridgehead atoms. The van der Waals surface area contributed by atoms with Crippen molar-refractivity contribution in [3.05, 3.63) is 41.0 Å². The topological polar surface area (TPSA) is 37.8 Å². The molecule has 1 heterocycles. The minimum absolute atomic E-state index is 0.213. The molecule has 1 N–H and O–H groups in total. The Bertz CT molecular complexity index is 655. The normalized spacial score (nSPS) is 14.3. The van der Waals surface area contributed by atoms with E-state index in [1.54, 1.807) is 6.07 Å². The van der Waals surface area contributed by atoms with Crippen molar-refractivity contribution >= 4 is 5.82 Å². The number of rotatable bonds is 4. The van der Waals surface area contributed by atoms with E-state index in [1.807, 2.05) is 32.9 Å². The van der Waals surface area contributed by atoms with Crippen LogP contribution in [0.15, 0.2) is 18.2 Å². The van der Waals surface area contributed by atoms with Gasteiger partial charge < -0.3 is 5.32 Å². The molecule has 1 aromatic carbocycles. The molecule has 1 fully saturated rings. The smallest absolute Gasteiger partial charge is 0.134 e. The highest BCUT2D eigenvalue weighted by Gasteiger charge is 2.28. The van der Waals surface area contributed by atoms with Gasteiger partial charge in [-0.05, 0) is 50.8 Å². The van der Waals surface area contributed by atoms with Gasteiger partial charge in [0.1, 0.15) is 17.5 Å². The first kappa shape index (κ1) is 14.0. The second-order valence-electron chi connectivity index (χ2n) is 5.74. The number of aromatic nitrogens is 2. The van der Waals surface area contributed by atoms with E-state index in [0.29, 0.717) is 17.2 Å².